The first-order valence-electron chi connectivity index (χ1n) is 7.24. The van der Waals surface area contributed by atoms with E-state index in [0.29, 0.717) is 13.2 Å². The van der Waals surface area contributed by atoms with Crippen LogP contribution in [0.1, 0.15) is 44.6 Å². The largest absolute Gasteiger partial charge is 0.490 e. The third-order valence-corrected chi connectivity index (χ3v) is 5.22. The van der Waals surface area contributed by atoms with Gasteiger partial charge in [-0.05, 0) is 36.1 Å². The van der Waals surface area contributed by atoms with Gasteiger partial charge in [-0.15, -0.1) is 0 Å². The lowest BCUT2D eigenvalue weighted by Crippen LogP contribution is -2.26. The van der Waals surface area contributed by atoms with Gasteiger partial charge in [0, 0.05) is 23.5 Å². The molecule has 1 aliphatic heterocycles. The number of halogens is 1. The first kappa shape index (κ1) is 16.6. The molecule has 118 valence electrons. The SMILES string of the molecule is CCC(C)c1cc(S(=O)(=O)Cl)ccc1OC1CCOCC1. The van der Waals surface area contributed by atoms with Crippen LogP contribution in [0.4, 0.5) is 0 Å². The molecule has 1 fully saturated rings. The highest BCUT2D eigenvalue weighted by Crippen LogP contribution is 2.33. The Bertz CT molecular complexity index is 579. The van der Waals surface area contributed by atoms with Gasteiger partial charge in [0.15, 0.2) is 0 Å². The fourth-order valence-electron chi connectivity index (χ4n) is 2.36. The van der Waals surface area contributed by atoms with Crippen molar-refractivity contribution in [1.82, 2.24) is 0 Å². The zero-order chi connectivity index (χ0) is 15.5. The summed E-state index contributed by atoms with van der Waals surface area (Å²) in [6, 6.07) is 4.85. The Kier molecular flexibility index (Phi) is 5.52. The van der Waals surface area contributed by atoms with Gasteiger partial charge in [0.05, 0.1) is 18.1 Å². The van der Waals surface area contributed by atoms with E-state index >= 15 is 0 Å². The van der Waals surface area contributed by atoms with Crippen molar-refractivity contribution in [3.8, 4) is 5.75 Å². The summed E-state index contributed by atoms with van der Waals surface area (Å²) in [6.07, 6.45) is 2.74. The summed E-state index contributed by atoms with van der Waals surface area (Å²) < 4.78 is 34.4. The van der Waals surface area contributed by atoms with Crippen LogP contribution in [0, 0.1) is 0 Å². The standard InChI is InChI=1S/C15H21ClO4S/c1-3-11(2)14-10-13(21(16,17)18)4-5-15(14)20-12-6-8-19-9-7-12/h4-5,10-12H,3,6-9H2,1-2H3. The third kappa shape index (κ3) is 4.34. The molecular formula is C15H21ClO4S. The fraction of sp³-hybridized carbons (Fsp3) is 0.600. The van der Waals surface area contributed by atoms with Crippen molar-refractivity contribution in [3.05, 3.63) is 23.8 Å². The predicted octanol–water partition coefficient (Wildman–Crippen LogP) is 3.69. The van der Waals surface area contributed by atoms with Gasteiger partial charge in [-0.3, -0.25) is 0 Å². The van der Waals surface area contributed by atoms with E-state index in [1.165, 1.54) is 6.07 Å². The second-order valence-electron chi connectivity index (χ2n) is 5.38. The molecule has 0 aliphatic carbocycles. The molecule has 0 saturated carbocycles. The Morgan fingerprint density at radius 2 is 2.05 bits per heavy atom. The fourth-order valence-corrected chi connectivity index (χ4v) is 3.15. The lowest BCUT2D eigenvalue weighted by atomic mass is 9.97. The van der Waals surface area contributed by atoms with Crippen LogP contribution < -0.4 is 4.74 Å². The molecule has 1 atom stereocenters. The van der Waals surface area contributed by atoms with Crippen molar-refractivity contribution < 1.29 is 17.9 Å². The van der Waals surface area contributed by atoms with Gasteiger partial charge >= 0.3 is 0 Å². The summed E-state index contributed by atoms with van der Waals surface area (Å²) in [5.74, 6) is 0.957. The highest BCUT2D eigenvalue weighted by atomic mass is 35.7. The van der Waals surface area contributed by atoms with E-state index in [-0.39, 0.29) is 16.9 Å². The van der Waals surface area contributed by atoms with E-state index in [0.717, 1.165) is 30.6 Å². The zero-order valence-corrected chi connectivity index (χ0v) is 13.9. The summed E-state index contributed by atoms with van der Waals surface area (Å²) in [5, 5.41) is 0. The molecule has 0 N–H and O–H groups in total. The molecule has 6 heteroatoms. The summed E-state index contributed by atoms with van der Waals surface area (Å²) in [7, 11) is 1.72. The molecule has 0 radical (unpaired) electrons. The molecule has 1 heterocycles. The summed E-state index contributed by atoms with van der Waals surface area (Å²) in [4.78, 5) is 0.124. The topological polar surface area (TPSA) is 52.6 Å². The first-order chi connectivity index (χ1) is 9.91. The van der Waals surface area contributed by atoms with Crippen LogP contribution in [0.15, 0.2) is 23.1 Å². The van der Waals surface area contributed by atoms with Crippen LogP contribution in [-0.2, 0) is 13.8 Å². The monoisotopic (exact) mass is 332 g/mol. The molecule has 4 nitrogen and oxygen atoms in total. The second kappa shape index (κ2) is 6.99. The van der Waals surface area contributed by atoms with Crippen LogP contribution in [-0.4, -0.2) is 27.7 Å². The number of hydrogen-bond acceptors (Lipinski definition) is 4. The molecule has 21 heavy (non-hydrogen) atoms. The average Bonchev–Trinajstić information content (AvgIpc) is 2.47. The van der Waals surface area contributed by atoms with Crippen molar-refractivity contribution in [3.63, 3.8) is 0 Å². The normalized spacial score (nSPS) is 18.4. The Hall–Kier alpha value is -0.780. The molecule has 0 aromatic heterocycles. The van der Waals surface area contributed by atoms with Crippen molar-refractivity contribution in [1.29, 1.82) is 0 Å². The van der Waals surface area contributed by atoms with E-state index in [1.54, 1.807) is 12.1 Å². The Labute approximate surface area is 130 Å². The van der Waals surface area contributed by atoms with Crippen LogP contribution in [0.2, 0.25) is 0 Å². The molecule has 2 rings (SSSR count). The van der Waals surface area contributed by atoms with E-state index in [4.69, 9.17) is 20.2 Å². The van der Waals surface area contributed by atoms with Crippen LogP contribution in [0.25, 0.3) is 0 Å². The second-order valence-corrected chi connectivity index (χ2v) is 7.94. The molecule has 1 aliphatic rings. The van der Waals surface area contributed by atoms with Gasteiger partial charge in [0.1, 0.15) is 11.9 Å². The van der Waals surface area contributed by atoms with Gasteiger partial charge in [-0.1, -0.05) is 13.8 Å². The smallest absolute Gasteiger partial charge is 0.261 e. The van der Waals surface area contributed by atoms with E-state index < -0.39 is 9.05 Å². The first-order valence-corrected chi connectivity index (χ1v) is 9.55. The van der Waals surface area contributed by atoms with E-state index in [9.17, 15) is 8.42 Å². The van der Waals surface area contributed by atoms with Crippen LogP contribution >= 0.6 is 10.7 Å². The summed E-state index contributed by atoms with van der Waals surface area (Å²) in [6.45, 7) is 5.52. The predicted molar refractivity (Wildman–Crippen MR) is 82.7 cm³/mol. The van der Waals surface area contributed by atoms with Gasteiger partial charge in [0.25, 0.3) is 9.05 Å². The summed E-state index contributed by atoms with van der Waals surface area (Å²) >= 11 is 0. The Morgan fingerprint density at radius 1 is 1.38 bits per heavy atom. The molecule has 0 spiro atoms. The molecular weight excluding hydrogens is 312 g/mol. The maximum Gasteiger partial charge on any atom is 0.261 e. The van der Waals surface area contributed by atoms with Crippen molar-refractivity contribution in [2.45, 2.75) is 50.0 Å². The van der Waals surface area contributed by atoms with Gasteiger partial charge < -0.3 is 9.47 Å². The minimum atomic E-state index is -3.72. The maximum atomic E-state index is 11.5. The molecule has 1 unspecified atom stereocenters. The van der Waals surface area contributed by atoms with Crippen LogP contribution in [0.3, 0.4) is 0 Å². The number of rotatable bonds is 5. The third-order valence-electron chi connectivity index (χ3n) is 3.87. The Morgan fingerprint density at radius 3 is 2.62 bits per heavy atom. The van der Waals surface area contributed by atoms with Crippen LogP contribution in [0.5, 0.6) is 5.75 Å². The highest BCUT2D eigenvalue weighted by Gasteiger charge is 2.21. The molecule has 0 amide bonds. The van der Waals surface area contributed by atoms with Gasteiger partial charge in [0.2, 0.25) is 0 Å². The summed E-state index contributed by atoms with van der Waals surface area (Å²) in [5.41, 5.74) is 0.894. The van der Waals surface area contributed by atoms with Crippen molar-refractivity contribution in [2.75, 3.05) is 13.2 Å². The van der Waals surface area contributed by atoms with E-state index in [1.807, 2.05) is 0 Å². The molecule has 1 aromatic rings. The average molecular weight is 333 g/mol. The number of ether oxygens (including phenoxy) is 2. The van der Waals surface area contributed by atoms with Crippen molar-refractivity contribution >= 4 is 19.7 Å². The van der Waals surface area contributed by atoms with E-state index in [2.05, 4.69) is 13.8 Å². The maximum absolute atomic E-state index is 11.5. The molecule has 1 saturated heterocycles. The molecule has 0 bridgehead atoms. The van der Waals surface area contributed by atoms with Gasteiger partial charge in [-0.25, -0.2) is 8.42 Å². The number of hydrogen-bond donors (Lipinski definition) is 0. The number of benzene rings is 1. The lowest BCUT2D eigenvalue weighted by molar-refractivity contribution is 0.0250. The minimum Gasteiger partial charge on any atom is -0.490 e. The van der Waals surface area contributed by atoms with Crippen molar-refractivity contribution in [2.24, 2.45) is 0 Å². The minimum absolute atomic E-state index is 0.124. The lowest BCUT2D eigenvalue weighted by Gasteiger charge is -2.26. The Balaban J connectivity index is 2.30. The molecule has 1 aromatic carbocycles. The zero-order valence-electron chi connectivity index (χ0n) is 12.3. The van der Waals surface area contributed by atoms with Gasteiger partial charge in [-0.2, -0.15) is 0 Å². The highest BCUT2D eigenvalue weighted by molar-refractivity contribution is 8.13. The quantitative estimate of drug-likeness (QED) is 0.772.